The molecule has 1 N–H and O–H groups in total. The highest BCUT2D eigenvalue weighted by Gasteiger charge is 2.47. The van der Waals surface area contributed by atoms with Crippen LogP contribution in [0.3, 0.4) is 0 Å². The Labute approximate surface area is 200 Å². The second-order valence-electron chi connectivity index (χ2n) is 8.28. The molecule has 0 bridgehead atoms. The lowest BCUT2D eigenvalue weighted by Crippen LogP contribution is -2.35. The van der Waals surface area contributed by atoms with Crippen LogP contribution in [0.15, 0.2) is 48.0 Å². The third-order valence-electron chi connectivity index (χ3n) is 5.66. The fourth-order valence-electron chi connectivity index (χ4n) is 3.87. The van der Waals surface area contributed by atoms with E-state index in [-0.39, 0.29) is 11.3 Å². The largest absolute Gasteiger partial charge is 0.507 e. The standard InChI is InChI=1S/C26H32N2O6/c1-6-15-34-18-9-7-17(8-10-18)24(29)22-23(20-12-11-19(32-4)16-21(20)33-5)28(14-13-27(2)3)26(31)25(22)30/h7-12,16,23,29H,6,13-15H2,1-5H3/b24-22+. The maximum absolute atomic E-state index is 13.2. The molecule has 0 aromatic heterocycles. The number of ether oxygens (including phenoxy) is 3. The molecular weight excluding hydrogens is 436 g/mol. The third-order valence-corrected chi connectivity index (χ3v) is 5.66. The first kappa shape index (κ1) is 25.1. The number of rotatable bonds is 10. The summed E-state index contributed by atoms with van der Waals surface area (Å²) in [4.78, 5) is 29.7. The van der Waals surface area contributed by atoms with Crippen molar-refractivity contribution in [1.29, 1.82) is 0 Å². The number of ketones is 1. The average Bonchev–Trinajstić information content (AvgIpc) is 3.10. The quantitative estimate of drug-likeness (QED) is 0.324. The second-order valence-corrected chi connectivity index (χ2v) is 8.28. The molecule has 1 aliphatic rings. The summed E-state index contributed by atoms with van der Waals surface area (Å²) in [5.41, 5.74) is 1.03. The molecule has 1 heterocycles. The summed E-state index contributed by atoms with van der Waals surface area (Å²) in [6.07, 6.45) is 0.877. The van der Waals surface area contributed by atoms with E-state index in [1.165, 1.54) is 12.0 Å². The number of hydrogen-bond donors (Lipinski definition) is 1. The van der Waals surface area contributed by atoms with E-state index in [4.69, 9.17) is 14.2 Å². The molecule has 2 aromatic carbocycles. The zero-order chi connectivity index (χ0) is 24.8. The van der Waals surface area contributed by atoms with Crippen molar-refractivity contribution >= 4 is 17.4 Å². The average molecular weight is 469 g/mol. The van der Waals surface area contributed by atoms with E-state index in [0.29, 0.717) is 48.1 Å². The number of carbonyl (C=O) groups is 2. The van der Waals surface area contributed by atoms with Gasteiger partial charge in [0.1, 0.15) is 23.0 Å². The van der Waals surface area contributed by atoms with E-state index in [1.54, 1.807) is 49.6 Å². The number of aliphatic hydroxyl groups is 1. The van der Waals surface area contributed by atoms with Crippen LogP contribution in [0, 0.1) is 0 Å². The van der Waals surface area contributed by atoms with Gasteiger partial charge in [-0.2, -0.15) is 0 Å². The fraction of sp³-hybridized carbons (Fsp3) is 0.385. The number of aliphatic hydroxyl groups excluding tert-OH is 1. The second kappa shape index (κ2) is 11.1. The molecule has 2 aromatic rings. The van der Waals surface area contributed by atoms with Gasteiger partial charge in [-0.05, 0) is 56.9 Å². The monoisotopic (exact) mass is 468 g/mol. The maximum Gasteiger partial charge on any atom is 0.295 e. The number of amides is 1. The van der Waals surface area contributed by atoms with Gasteiger partial charge in [0.2, 0.25) is 0 Å². The van der Waals surface area contributed by atoms with Gasteiger partial charge in [0.25, 0.3) is 11.7 Å². The number of likely N-dealkylation sites (N-methyl/N-ethyl adjacent to an activating group) is 1. The molecule has 0 radical (unpaired) electrons. The fourth-order valence-corrected chi connectivity index (χ4v) is 3.87. The normalized spacial score (nSPS) is 17.4. The van der Waals surface area contributed by atoms with Crippen LogP contribution in [-0.2, 0) is 9.59 Å². The topological polar surface area (TPSA) is 88.5 Å². The van der Waals surface area contributed by atoms with Crippen molar-refractivity contribution in [2.75, 3.05) is 48.0 Å². The maximum atomic E-state index is 13.2. The van der Waals surface area contributed by atoms with Crippen molar-refractivity contribution in [3.63, 3.8) is 0 Å². The third kappa shape index (κ3) is 5.17. The molecule has 34 heavy (non-hydrogen) atoms. The molecule has 0 saturated carbocycles. The number of benzene rings is 2. The highest BCUT2D eigenvalue weighted by Crippen LogP contribution is 2.43. The number of carbonyl (C=O) groups excluding carboxylic acids is 2. The lowest BCUT2D eigenvalue weighted by Gasteiger charge is -2.27. The molecule has 0 aliphatic carbocycles. The van der Waals surface area contributed by atoms with Gasteiger partial charge >= 0.3 is 0 Å². The Hall–Kier alpha value is -3.52. The smallest absolute Gasteiger partial charge is 0.295 e. The highest BCUT2D eigenvalue weighted by molar-refractivity contribution is 6.46. The van der Waals surface area contributed by atoms with Gasteiger partial charge in [0.05, 0.1) is 32.4 Å². The first-order valence-electron chi connectivity index (χ1n) is 11.2. The minimum Gasteiger partial charge on any atom is -0.507 e. The van der Waals surface area contributed by atoms with E-state index >= 15 is 0 Å². The molecule has 8 heteroatoms. The van der Waals surface area contributed by atoms with Crippen molar-refractivity contribution in [2.24, 2.45) is 0 Å². The molecule has 1 amide bonds. The van der Waals surface area contributed by atoms with E-state index < -0.39 is 17.7 Å². The lowest BCUT2D eigenvalue weighted by molar-refractivity contribution is -0.140. The van der Waals surface area contributed by atoms with Crippen LogP contribution in [-0.4, -0.2) is 74.6 Å². The van der Waals surface area contributed by atoms with Crippen LogP contribution in [0.5, 0.6) is 17.2 Å². The molecule has 8 nitrogen and oxygen atoms in total. The molecule has 1 fully saturated rings. The summed E-state index contributed by atoms with van der Waals surface area (Å²) >= 11 is 0. The van der Waals surface area contributed by atoms with Crippen LogP contribution >= 0.6 is 0 Å². The first-order valence-corrected chi connectivity index (χ1v) is 11.2. The van der Waals surface area contributed by atoms with Gasteiger partial charge in [-0.25, -0.2) is 0 Å². The van der Waals surface area contributed by atoms with Crippen molar-refractivity contribution in [3.05, 3.63) is 59.2 Å². The zero-order valence-corrected chi connectivity index (χ0v) is 20.3. The van der Waals surface area contributed by atoms with Crippen molar-refractivity contribution in [3.8, 4) is 17.2 Å². The predicted octanol–water partition coefficient (Wildman–Crippen LogP) is 3.48. The summed E-state index contributed by atoms with van der Waals surface area (Å²) in [7, 11) is 6.84. The van der Waals surface area contributed by atoms with Gasteiger partial charge in [-0.3, -0.25) is 9.59 Å². The Bertz CT molecular complexity index is 1060. The van der Waals surface area contributed by atoms with E-state index in [1.807, 2.05) is 25.9 Å². The van der Waals surface area contributed by atoms with Crippen LogP contribution < -0.4 is 14.2 Å². The number of likely N-dealkylation sites (tertiary alicyclic amines) is 1. The summed E-state index contributed by atoms with van der Waals surface area (Å²) in [5, 5.41) is 11.2. The molecule has 182 valence electrons. The molecule has 1 atom stereocenters. The van der Waals surface area contributed by atoms with Crippen LogP contribution in [0.2, 0.25) is 0 Å². The Morgan fingerprint density at radius 2 is 1.71 bits per heavy atom. The Morgan fingerprint density at radius 3 is 2.29 bits per heavy atom. The van der Waals surface area contributed by atoms with Gasteiger partial charge in [-0.15, -0.1) is 0 Å². The summed E-state index contributed by atoms with van der Waals surface area (Å²) < 4.78 is 16.5. The Balaban J connectivity index is 2.13. The van der Waals surface area contributed by atoms with Gasteiger partial charge in [0.15, 0.2) is 0 Å². The molecule has 0 spiro atoms. The number of Topliss-reactive ketones (excluding diaryl/α,β-unsaturated/α-hetero) is 1. The minimum absolute atomic E-state index is 0.0226. The summed E-state index contributed by atoms with van der Waals surface area (Å²) in [6, 6.07) is 11.2. The molecule has 1 aliphatic heterocycles. The number of methoxy groups -OCH3 is 2. The Morgan fingerprint density at radius 1 is 1.03 bits per heavy atom. The summed E-state index contributed by atoms with van der Waals surface area (Å²) in [5.74, 6) is 0.0669. The molecule has 1 saturated heterocycles. The summed E-state index contributed by atoms with van der Waals surface area (Å²) in [6.45, 7) is 3.45. The van der Waals surface area contributed by atoms with Crippen LogP contribution in [0.25, 0.3) is 5.76 Å². The zero-order valence-electron chi connectivity index (χ0n) is 20.3. The van der Waals surface area contributed by atoms with E-state index in [9.17, 15) is 14.7 Å². The van der Waals surface area contributed by atoms with Crippen LogP contribution in [0.4, 0.5) is 0 Å². The van der Waals surface area contributed by atoms with Crippen molar-refractivity contribution in [1.82, 2.24) is 9.80 Å². The predicted molar refractivity (Wildman–Crippen MR) is 129 cm³/mol. The SMILES string of the molecule is CCCOc1ccc(/C(O)=C2\C(=O)C(=O)N(CCN(C)C)C2c2ccc(OC)cc2OC)cc1. The molecular formula is C26H32N2O6. The van der Waals surface area contributed by atoms with Gasteiger partial charge in [-0.1, -0.05) is 6.92 Å². The number of nitrogens with zero attached hydrogens (tertiary/aromatic N) is 2. The Kier molecular flexibility index (Phi) is 8.17. The lowest BCUT2D eigenvalue weighted by atomic mass is 9.94. The highest BCUT2D eigenvalue weighted by atomic mass is 16.5. The number of hydrogen-bond acceptors (Lipinski definition) is 7. The van der Waals surface area contributed by atoms with E-state index in [0.717, 1.165) is 6.42 Å². The van der Waals surface area contributed by atoms with E-state index in [2.05, 4.69) is 0 Å². The molecule has 1 unspecified atom stereocenters. The molecule has 3 rings (SSSR count). The van der Waals surface area contributed by atoms with Crippen LogP contribution in [0.1, 0.15) is 30.5 Å². The van der Waals surface area contributed by atoms with Crippen molar-refractivity contribution in [2.45, 2.75) is 19.4 Å². The van der Waals surface area contributed by atoms with Crippen molar-refractivity contribution < 1.29 is 28.9 Å². The van der Waals surface area contributed by atoms with Gasteiger partial charge < -0.3 is 29.1 Å². The first-order chi connectivity index (χ1) is 16.3. The minimum atomic E-state index is -0.808. The van der Waals surface area contributed by atoms with Gasteiger partial charge in [0, 0.05) is 30.3 Å².